The van der Waals surface area contributed by atoms with Crippen molar-refractivity contribution >= 4 is 15.7 Å². The number of sulfone groups is 1. The average Bonchev–Trinajstić information content (AvgIpc) is 2.91. The molecule has 4 atom stereocenters. The summed E-state index contributed by atoms with van der Waals surface area (Å²) in [6.45, 7) is 9.32. The number of methoxy groups -OCH3 is 2. The summed E-state index contributed by atoms with van der Waals surface area (Å²) in [5, 5.41) is 13.8. The molecule has 40 heavy (non-hydrogen) atoms. The van der Waals surface area contributed by atoms with Crippen LogP contribution in [0.1, 0.15) is 45.6 Å². The smallest absolute Gasteiger partial charge is 0.222 e. The Balaban J connectivity index is 1.84. The Morgan fingerprint density at radius 1 is 1.10 bits per heavy atom. The second-order valence-electron chi connectivity index (χ2n) is 11.3. The third-order valence-electron chi connectivity index (χ3n) is 7.70. The molecule has 1 aliphatic rings. The van der Waals surface area contributed by atoms with Gasteiger partial charge in [0.2, 0.25) is 5.91 Å². The average molecular weight is 586 g/mol. The van der Waals surface area contributed by atoms with Gasteiger partial charge in [0.05, 0.1) is 31.3 Å². The predicted octanol–water partition coefficient (Wildman–Crippen LogP) is 1.88. The van der Waals surface area contributed by atoms with Crippen molar-refractivity contribution in [2.45, 2.75) is 58.6 Å². The molecule has 4 N–H and O–H groups in total. The van der Waals surface area contributed by atoms with E-state index in [1.807, 2.05) is 23.1 Å². The molecular weight excluding hydrogens is 534 g/mol. The number of aliphatic hydroxyl groups is 1. The molecule has 1 amide bonds. The molecule has 230 valence electrons. The summed E-state index contributed by atoms with van der Waals surface area (Å²) < 4.78 is 39.6. The van der Waals surface area contributed by atoms with Crippen LogP contribution in [0.25, 0.3) is 0 Å². The predicted molar refractivity (Wildman–Crippen MR) is 157 cm³/mol. The summed E-state index contributed by atoms with van der Waals surface area (Å²) in [6, 6.07) is 5.51. The molecule has 1 fully saturated rings. The first-order chi connectivity index (χ1) is 19.0. The van der Waals surface area contributed by atoms with Crippen LogP contribution >= 0.6 is 0 Å². The van der Waals surface area contributed by atoms with E-state index >= 15 is 0 Å². The number of nitrogens with one attached hydrogen (secondary N) is 1. The molecule has 0 bridgehead atoms. The Kier molecular flexibility index (Phi) is 14.7. The highest BCUT2D eigenvalue weighted by molar-refractivity contribution is 7.91. The van der Waals surface area contributed by atoms with E-state index in [1.54, 1.807) is 21.1 Å². The first-order valence-electron chi connectivity index (χ1n) is 14.4. The molecule has 2 rings (SSSR count). The zero-order chi connectivity index (χ0) is 29.7. The van der Waals surface area contributed by atoms with Crippen molar-refractivity contribution < 1.29 is 32.5 Å². The highest BCUT2D eigenvalue weighted by atomic mass is 32.2. The maximum absolute atomic E-state index is 12.6. The van der Waals surface area contributed by atoms with Gasteiger partial charge >= 0.3 is 0 Å². The van der Waals surface area contributed by atoms with E-state index in [9.17, 15) is 18.3 Å². The number of carbonyl (C=O) groups is 1. The van der Waals surface area contributed by atoms with Crippen LogP contribution in [-0.4, -0.2) is 102 Å². The van der Waals surface area contributed by atoms with E-state index in [-0.39, 0.29) is 35.7 Å². The van der Waals surface area contributed by atoms with Gasteiger partial charge in [-0.05, 0) is 48.8 Å². The van der Waals surface area contributed by atoms with Crippen LogP contribution in [-0.2, 0) is 25.8 Å². The number of rotatable bonds is 18. The number of ether oxygens (including phenoxy) is 3. The lowest BCUT2D eigenvalue weighted by atomic mass is 9.82. The van der Waals surface area contributed by atoms with Crippen molar-refractivity contribution in [2.75, 3.05) is 65.1 Å². The molecule has 0 spiro atoms. The number of aliphatic hydroxyl groups excluding tert-OH is 1. The molecule has 11 heteroatoms. The fourth-order valence-corrected chi connectivity index (χ4v) is 6.15. The highest BCUT2D eigenvalue weighted by Crippen LogP contribution is 2.31. The Morgan fingerprint density at radius 2 is 1.80 bits per heavy atom. The van der Waals surface area contributed by atoms with Gasteiger partial charge in [0.25, 0.3) is 0 Å². The highest BCUT2D eigenvalue weighted by Gasteiger charge is 2.27. The topological polar surface area (TPSA) is 140 Å². The van der Waals surface area contributed by atoms with Gasteiger partial charge in [-0.1, -0.05) is 26.8 Å². The van der Waals surface area contributed by atoms with Gasteiger partial charge in [-0.2, -0.15) is 0 Å². The van der Waals surface area contributed by atoms with Crippen LogP contribution in [0.3, 0.4) is 0 Å². The van der Waals surface area contributed by atoms with E-state index in [0.717, 1.165) is 18.4 Å². The second kappa shape index (κ2) is 17.1. The van der Waals surface area contributed by atoms with Gasteiger partial charge in [-0.15, -0.1) is 0 Å². The summed E-state index contributed by atoms with van der Waals surface area (Å²) in [5.41, 5.74) is 7.57. The quantitative estimate of drug-likeness (QED) is 0.220. The lowest BCUT2D eigenvalue weighted by molar-refractivity contribution is -0.125. The zero-order valence-corrected chi connectivity index (χ0v) is 25.8. The molecule has 0 aliphatic carbocycles. The molecule has 1 aromatic carbocycles. The molecular formula is C29H51N3O7S. The summed E-state index contributed by atoms with van der Waals surface area (Å²) in [6.07, 6.45) is 1.67. The minimum absolute atomic E-state index is 0.132. The molecule has 4 unspecified atom stereocenters. The van der Waals surface area contributed by atoms with Crippen molar-refractivity contribution in [3.63, 3.8) is 0 Å². The normalized spacial score (nSPS) is 18.6. The van der Waals surface area contributed by atoms with E-state index < -0.39 is 22.0 Å². The van der Waals surface area contributed by atoms with E-state index in [4.69, 9.17) is 19.9 Å². The maximum atomic E-state index is 12.6. The molecule has 0 saturated carbocycles. The fraction of sp³-hybridized carbons (Fsp3) is 0.759. The molecule has 1 aliphatic heterocycles. The number of benzene rings is 1. The minimum atomic E-state index is -2.92. The van der Waals surface area contributed by atoms with Crippen molar-refractivity contribution in [3.05, 3.63) is 23.8 Å². The Morgan fingerprint density at radius 3 is 2.42 bits per heavy atom. The molecule has 0 radical (unpaired) electrons. The monoisotopic (exact) mass is 585 g/mol. The summed E-state index contributed by atoms with van der Waals surface area (Å²) in [4.78, 5) is 14.7. The third kappa shape index (κ3) is 11.9. The first kappa shape index (κ1) is 34.3. The number of amides is 1. The van der Waals surface area contributed by atoms with Crippen molar-refractivity contribution in [1.29, 1.82) is 0 Å². The summed E-state index contributed by atoms with van der Waals surface area (Å²) in [5.74, 6) is 1.78. The number of nitrogens with two attached hydrogens (primary N) is 1. The molecule has 10 nitrogen and oxygen atoms in total. The number of hydrogen-bond acceptors (Lipinski definition) is 9. The molecule has 1 heterocycles. The number of nitrogens with zero attached hydrogens (tertiary/aromatic N) is 1. The minimum Gasteiger partial charge on any atom is -0.493 e. The maximum Gasteiger partial charge on any atom is 0.222 e. The van der Waals surface area contributed by atoms with Crippen LogP contribution in [0.5, 0.6) is 11.5 Å². The summed E-state index contributed by atoms with van der Waals surface area (Å²) >= 11 is 0. The fourth-order valence-electron chi connectivity index (χ4n) is 4.88. The van der Waals surface area contributed by atoms with Crippen LogP contribution in [0, 0.1) is 17.8 Å². The lowest BCUT2D eigenvalue weighted by Crippen LogP contribution is -2.45. The molecule has 1 aromatic rings. The van der Waals surface area contributed by atoms with Gasteiger partial charge in [0.15, 0.2) is 21.3 Å². The first-order valence-corrected chi connectivity index (χ1v) is 16.2. The van der Waals surface area contributed by atoms with Gasteiger partial charge in [-0.3, -0.25) is 9.69 Å². The van der Waals surface area contributed by atoms with Gasteiger partial charge in [0, 0.05) is 58.3 Å². The lowest BCUT2D eigenvalue weighted by Gasteiger charge is -2.29. The van der Waals surface area contributed by atoms with Gasteiger partial charge in [-0.25, -0.2) is 8.42 Å². The van der Waals surface area contributed by atoms with Crippen molar-refractivity contribution in [3.8, 4) is 11.5 Å². The Labute approximate surface area is 240 Å². The van der Waals surface area contributed by atoms with E-state index in [1.165, 1.54) is 0 Å². The van der Waals surface area contributed by atoms with E-state index in [2.05, 4.69) is 19.2 Å². The third-order valence-corrected chi connectivity index (χ3v) is 9.30. The van der Waals surface area contributed by atoms with E-state index in [0.29, 0.717) is 63.2 Å². The van der Waals surface area contributed by atoms with Crippen molar-refractivity contribution in [2.24, 2.45) is 23.5 Å². The standard InChI is InChI=1S/C29H51N3O7S/c1-21(2)24(18-23-7-8-27(38-5)28(19-23)39-14-6-13-37-4)20-25(30)26(33)17-22(3)29(34)31-9-10-32-11-15-40(35,36)16-12-32/h7-8,19,21-22,24-26,33H,6,9-18,20,30H2,1-5H3,(H,31,34). The second-order valence-corrected chi connectivity index (χ2v) is 13.6. The van der Waals surface area contributed by atoms with Crippen molar-refractivity contribution in [1.82, 2.24) is 10.2 Å². The largest absolute Gasteiger partial charge is 0.493 e. The van der Waals surface area contributed by atoms with Gasteiger partial charge < -0.3 is 30.4 Å². The molecule has 0 aromatic heterocycles. The number of carbonyl (C=O) groups excluding carboxylic acids is 1. The van der Waals surface area contributed by atoms with Crippen LogP contribution in [0.15, 0.2) is 18.2 Å². The molecule has 1 saturated heterocycles. The Hall–Kier alpha value is -1.92. The van der Waals surface area contributed by atoms with Crippen LogP contribution in [0.2, 0.25) is 0 Å². The number of hydrogen-bond donors (Lipinski definition) is 3. The van der Waals surface area contributed by atoms with Crippen LogP contribution in [0.4, 0.5) is 0 Å². The Bertz CT molecular complexity index is 991. The SMILES string of the molecule is COCCCOc1cc(CC(CC(N)C(O)CC(C)C(=O)NCCN2CCS(=O)(=O)CC2)C(C)C)ccc1OC. The van der Waals surface area contributed by atoms with Gasteiger partial charge in [0.1, 0.15) is 0 Å². The zero-order valence-electron chi connectivity index (χ0n) is 24.9. The van der Waals surface area contributed by atoms with Crippen LogP contribution < -0.4 is 20.5 Å². The summed E-state index contributed by atoms with van der Waals surface area (Å²) in [7, 11) is 0.373.